The molecule has 0 fully saturated rings. The van der Waals surface area contributed by atoms with Gasteiger partial charge in [0.05, 0.1) is 23.9 Å². The van der Waals surface area contributed by atoms with Gasteiger partial charge < -0.3 is 4.74 Å². The van der Waals surface area contributed by atoms with Crippen molar-refractivity contribution < 1.29 is 19.1 Å². The fourth-order valence-electron chi connectivity index (χ4n) is 2.16. The van der Waals surface area contributed by atoms with Crippen molar-refractivity contribution in [2.75, 3.05) is 12.0 Å². The van der Waals surface area contributed by atoms with E-state index in [4.69, 9.17) is 11.6 Å². The van der Waals surface area contributed by atoms with E-state index >= 15 is 0 Å². The van der Waals surface area contributed by atoms with E-state index in [1.165, 1.54) is 19.2 Å². The number of amides is 2. The number of thiophene rings is 1. The molecule has 0 atom stereocenters. The second kappa shape index (κ2) is 4.98. The van der Waals surface area contributed by atoms with Gasteiger partial charge in [0.25, 0.3) is 11.8 Å². The molecule has 1 aromatic carbocycles. The molecule has 0 aliphatic carbocycles. The number of imide groups is 1. The van der Waals surface area contributed by atoms with Crippen molar-refractivity contribution in [2.45, 2.75) is 0 Å². The number of nitrogens with zero attached hydrogens (tertiary/aromatic N) is 1. The normalized spacial score (nSPS) is 13.5. The van der Waals surface area contributed by atoms with E-state index in [0.717, 1.165) is 16.2 Å². The first-order valence-electron chi connectivity index (χ1n) is 5.88. The second-order valence-electron chi connectivity index (χ2n) is 4.26. The highest BCUT2D eigenvalue weighted by molar-refractivity contribution is 7.12. The molecule has 0 bridgehead atoms. The highest BCUT2D eigenvalue weighted by Gasteiger charge is 2.39. The molecule has 21 heavy (non-hydrogen) atoms. The minimum absolute atomic E-state index is 0.207. The number of anilines is 1. The fourth-order valence-corrected chi connectivity index (χ4v) is 3.12. The summed E-state index contributed by atoms with van der Waals surface area (Å²) in [6.07, 6.45) is 0. The van der Waals surface area contributed by atoms with Crippen molar-refractivity contribution in [3.8, 4) is 0 Å². The molecule has 0 saturated heterocycles. The second-order valence-corrected chi connectivity index (χ2v) is 5.61. The standard InChI is InChI=1S/C14H8ClNO4S/c1-20-14(19)11-10(4-5-21-11)16-12(17)8-3-2-7(15)6-9(8)13(16)18/h2-6H,1H3. The van der Waals surface area contributed by atoms with Crippen molar-refractivity contribution in [3.63, 3.8) is 0 Å². The third-order valence-electron chi connectivity index (χ3n) is 3.10. The summed E-state index contributed by atoms with van der Waals surface area (Å²) in [4.78, 5) is 37.7. The Hall–Kier alpha value is -2.18. The summed E-state index contributed by atoms with van der Waals surface area (Å²) >= 11 is 6.97. The summed E-state index contributed by atoms with van der Waals surface area (Å²) in [5.74, 6) is -1.56. The number of carbonyl (C=O) groups excluding carboxylic acids is 3. The van der Waals surface area contributed by atoms with Gasteiger partial charge in [-0.1, -0.05) is 11.6 Å². The van der Waals surface area contributed by atoms with Gasteiger partial charge in [-0.25, -0.2) is 9.69 Å². The largest absolute Gasteiger partial charge is 0.465 e. The molecule has 2 aromatic rings. The van der Waals surface area contributed by atoms with E-state index in [9.17, 15) is 14.4 Å². The molecular formula is C14H8ClNO4S. The first-order chi connectivity index (χ1) is 10.0. The van der Waals surface area contributed by atoms with E-state index < -0.39 is 17.8 Å². The Morgan fingerprint density at radius 1 is 1.19 bits per heavy atom. The molecule has 1 aromatic heterocycles. The minimum atomic E-state index is -0.588. The topological polar surface area (TPSA) is 63.7 Å². The van der Waals surface area contributed by atoms with Gasteiger partial charge in [-0.3, -0.25) is 9.59 Å². The van der Waals surface area contributed by atoms with Crippen LogP contribution >= 0.6 is 22.9 Å². The van der Waals surface area contributed by atoms with Crippen LogP contribution in [0, 0.1) is 0 Å². The SMILES string of the molecule is COC(=O)c1sccc1N1C(=O)c2ccc(Cl)cc2C1=O. The highest BCUT2D eigenvalue weighted by atomic mass is 35.5. The number of hydrogen-bond donors (Lipinski definition) is 0. The molecule has 3 rings (SSSR count). The van der Waals surface area contributed by atoms with Crippen LogP contribution in [0.15, 0.2) is 29.6 Å². The third-order valence-corrected chi connectivity index (χ3v) is 4.22. The van der Waals surface area contributed by atoms with Crippen LogP contribution in [0.4, 0.5) is 5.69 Å². The lowest BCUT2D eigenvalue weighted by molar-refractivity contribution is 0.0607. The molecule has 5 nitrogen and oxygen atoms in total. The summed E-state index contributed by atoms with van der Waals surface area (Å²) in [6.45, 7) is 0. The van der Waals surface area contributed by atoms with Gasteiger partial charge in [0, 0.05) is 5.02 Å². The molecule has 0 spiro atoms. The highest BCUT2D eigenvalue weighted by Crippen LogP contribution is 2.34. The predicted molar refractivity (Wildman–Crippen MR) is 78.3 cm³/mol. The molecule has 0 radical (unpaired) electrons. The molecule has 2 amide bonds. The molecule has 1 aliphatic heterocycles. The van der Waals surface area contributed by atoms with Gasteiger partial charge in [0.15, 0.2) is 0 Å². The van der Waals surface area contributed by atoms with Crippen molar-refractivity contribution in [3.05, 3.63) is 50.7 Å². The number of rotatable bonds is 2. The Morgan fingerprint density at radius 2 is 1.90 bits per heavy atom. The summed E-state index contributed by atoms with van der Waals surface area (Å²) in [7, 11) is 1.24. The van der Waals surface area contributed by atoms with Gasteiger partial charge in [0.1, 0.15) is 4.88 Å². The van der Waals surface area contributed by atoms with Crippen molar-refractivity contribution in [1.29, 1.82) is 0 Å². The number of fused-ring (bicyclic) bond motifs is 1. The van der Waals surface area contributed by atoms with Gasteiger partial charge in [-0.2, -0.15) is 0 Å². The third kappa shape index (κ3) is 2.03. The number of methoxy groups -OCH3 is 1. The molecule has 2 heterocycles. The Labute approximate surface area is 128 Å². The van der Waals surface area contributed by atoms with Gasteiger partial charge >= 0.3 is 5.97 Å². The van der Waals surface area contributed by atoms with Crippen LogP contribution in [0.5, 0.6) is 0 Å². The summed E-state index contributed by atoms with van der Waals surface area (Å²) < 4.78 is 4.66. The monoisotopic (exact) mass is 321 g/mol. The maximum Gasteiger partial charge on any atom is 0.350 e. The molecule has 1 aliphatic rings. The fraction of sp³-hybridized carbons (Fsp3) is 0.0714. The average Bonchev–Trinajstić information content (AvgIpc) is 3.03. The number of ether oxygens (including phenoxy) is 1. The van der Waals surface area contributed by atoms with Crippen LogP contribution in [0.1, 0.15) is 30.4 Å². The first kappa shape index (κ1) is 13.8. The van der Waals surface area contributed by atoms with E-state index in [0.29, 0.717) is 5.02 Å². The van der Waals surface area contributed by atoms with Gasteiger partial charge in [-0.05, 0) is 29.6 Å². The lowest BCUT2D eigenvalue weighted by Crippen LogP contribution is -2.30. The zero-order valence-electron chi connectivity index (χ0n) is 10.8. The molecule has 7 heteroatoms. The lowest BCUT2D eigenvalue weighted by Gasteiger charge is -2.13. The summed E-state index contributed by atoms with van der Waals surface area (Å²) in [6, 6.07) is 6.04. The van der Waals surface area contributed by atoms with Crippen molar-refractivity contribution in [1.82, 2.24) is 0 Å². The first-order valence-corrected chi connectivity index (χ1v) is 7.14. The number of esters is 1. The van der Waals surface area contributed by atoms with Crippen molar-refractivity contribution >= 4 is 46.4 Å². The zero-order chi connectivity index (χ0) is 15.1. The Kier molecular flexibility index (Phi) is 3.27. The Balaban J connectivity index is 2.11. The summed E-state index contributed by atoms with van der Waals surface area (Å²) in [5.41, 5.74) is 0.732. The Morgan fingerprint density at radius 3 is 2.62 bits per heavy atom. The van der Waals surface area contributed by atoms with Gasteiger partial charge in [0.2, 0.25) is 0 Å². The summed E-state index contributed by atoms with van der Waals surface area (Å²) in [5, 5.41) is 1.99. The average molecular weight is 322 g/mol. The lowest BCUT2D eigenvalue weighted by atomic mass is 10.1. The van der Waals surface area contributed by atoms with Crippen molar-refractivity contribution in [2.24, 2.45) is 0 Å². The number of halogens is 1. The van der Waals surface area contributed by atoms with Crippen LogP contribution < -0.4 is 4.90 Å². The van der Waals surface area contributed by atoms with E-state index in [-0.39, 0.29) is 21.7 Å². The number of carbonyl (C=O) groups is 3. The maximum absolute atomic E-state index is 12.4. The minimum Gasteiger partial charge on any atom is -0.465 e. The van der Waals surface area contributed by atoms with Crippen LogP contribution in [-0.4, -0.2) is 24.9 Å². The van der Waals surface area contributed by atoms with Crippen LogP contribution in [0.2, 0.25) is 5.02 Å². The van der Waals surface area contributed by atoms with Gasteiger partial charge in [-0.15, -0.1) is 11.3 Å². The van der Waals surface area contributed by atoms with E-state index in [2.05, 4.69) is 4.74 Å². The molecule has 0 unspecified atom stereocenters. The molecule has 106 valence electrons. The van der Waals surface area contributed by atoms with Crippen LogP contribution in [0.25, 0.3) is 0 Å². The molecule has 0 saturated carbocycles. The van der Waals surface area contributed by atoms with Crippen LogP contribution in [0.3, 0.4) is 0 Å². The number of hydrogen-bond acceptors (Lipinski definition) is 5. The van der Waals surface area contributed by atoms with Crippen LogP contribution in [-0.2, 0) is 4.74 Å². The smallest absolute Gasteiger partial charge is 0.350 e. The quantitative estimate of drug-likeness (QED) is 0.630. The number of benzene rings is 1. The van der Waals surface area contributed by atoms with E-state index in [1.54, 1.807) is 17.5 Å². The predicted octanol–water partition coefficient (Wildman–Crippen LogP) is 2.99. The van der Waals surface area contributed by atoms with E-state index in [1.807, 2.05) is 0 Å². The Bertz CT molecular complexity index is 783. The maximum atomic E-state index is 12.4. The molecule has 0 N–H and O–H groups in total. The molecular weight excluding hydrogens is 314 g/mol. The zero-order valence-corrected chi connectivity index (χ0v) is 12.3.